The number of unbranched alkanes of at least 4 members (excludes halogenated alkanes) is 1. The van der Waals surface area contributed by atoms with Crippen LogP contribution in [0.15, 0.2) is 41.8 Å². The smallest absolute Gasteiger partial charge is 0.303 e. The highest BCUT2D eigenvalue weighted by atomic mass is 32.1. The molecule has 1 heterocycles. The maximum absolute atomic E-state index is 12.5. The summed E-state index contributed by atoms with van der Waals surface area (Å²) in [5, 5.41) is 32.9. The Hall–Kier alpha value is -2.46. The van der Waals surface area contributed by atoms with Crippen molar-refractivity contribution in [3.63, 3.8) is 0 Å². The molecule has 1 unspecified atom stereocenters. The van der Waals surface area contributed by atoms with Crippen LogP contribution in [0.25, 0.3) is 10.1 Å². The molecule has 0 bridgehead atoms. The lowest BCUT2D eigenvalue weighted by Gasteiger charge is -2.31. The molecule has 3 rings (SSSR count). The molecule has 4 atom stereocenters. The van der Waals surface area contributed by atoms with Gasteiger partial charge in [-0.1, -0.05) is 30.4 Å². The second-order valence-electron chi connectivity index (χ2n) is 7.97. The van der Waals surface area contributed by atoms with E-state index in [2.05, 4.69) is 23.3 Å². The van der Waals surface area contributed by atoms with Gasteiger partial charge < -0.3 is 15.3 Å². The number of fused-ring (bicyclic) bond motifs is 1. The van der Waals surface area contributed by atoms with Crippen molar-refractivity contribution in [3.8, 4) is 11.8 Å². The van der Waals surface area contributed by atoms with E-state index in [-0.39, 0.29) is 18.1 Å². The topological polar surface area (TPSA) is 94.8 Å². The molecule has 1 aromatic heterocycles. The molecule has 5 nitrogen and oxygen atoms in total. The molecule has 1 fully saturated rings. The van der Waals surface area contributed by atoms with Crippen LogP contribution in [0.2, 0.25) is 0 Å². The van der Waals surface area contributed by atoms with Gasteiger partial charge in [-0.05, 0) is 35.2 Å². The highest BCUT2D eigenvalue weighted by Crippen LogP contribution is 2.32. The third-order valence-corrected chi connectivity index (χ3v) is 6.71. The predicted molar refractivity (Wildman–Crippen MR) is 122 cm³/mol. The van der Waals surface area contributed by atoms with Crippen LogP contribution in [-0.2, 0) is 16.0 Å². The molecule has 2 aromatic rings. The largest absolute Gasteiger partial charge is 0.481 e. The number of thiophene rings is 1. The number of Topliss-reactive ketones (excluding diaryl/α,β-unsaturated/α-hetero) is 1. The van der Waals surface area contributed by atoms with Crippen LogP contribution in [-0.4, -0.2) is 39.3 Å². The lowest BCUT2D eigenvalue weighted by molar-refractivity contribution is -0.137. The monoisotopic (exact) mass is 440 g/mol. The normalized spacial score (nSPS) is 22.4. The zero-order valence-corrected chi connectivity index (χ0v) is 18.2. The lowest BCUT2D eigenvalue weighted by atomic mass is 9.74. The Morgan fingerprint density at radius 1 is 1.29 bits per heavy atom. The van der Waals surface area contributed by atoms with Crippen molar-refractivity contribution >= 4 is 33.2 Å². The molecule has 0 radical (unpaired) electrons. The Labute approximate surface area is 186 Å². The van der Waals surface area contributed by atoms with Crippen LogP contribution >= 0.6 is 11.3 Å². The van der Waals surface area contributed by atoms with E-state index in [1.807, 2.05) is 18.2 Å². The number of rotatable bonds is 8. The Morgan fingerprint density at radius 3 is 2.90 bits per heavy atom. The second-order valence-corrected chi connectivity index (χ2v) is 8.89. The molecule has 0 spiro atoms. The number of ketones is 1. The van der Waals surface area contributed by atoms with E-state index >= 15 is 0 Å². The highest BCUT2D eigenvalue weighted by Gasteiger charge is 2.35. The van der Waals surface area contributed by atoms with E-state index in [0.717, 1.165) is 10.9 Å². The number of benzene rings is 1. The molecular formula is C25H28O5S. The summed E-state index contributed by atoms with van der Waals surface area (Å²) in [6.07, 6.45) is 4.73. The van der Waals surface area contributed by atoms with Crippen LogP contribution in [0, 0.1) is 23.7 Å². The number of carboxylic acids is 1. The van der Waals surface area contributed by atoms with Crippen LogP contribution in [0.3, 0.4) is 0 Å². The number of aliphatic hydroxyl groups is 2. The van der Waals surface area contributed by atoms with Gasteiger partial charge in [-0.2, -0.15) is 0 Å². The summed E-state index contributed by atoms with van der Waals surface area (Å²) in [5.74, 6) is 4.39. The molecular weight excluding hydrogens is 412 g/mol. The summed E-state index contributed by atoms with van der Waals surface area (Å²) >= 11 is 1.65. The first-order valence-corrected chi connectivity index (χ1v) is 11.5. The van der Waals surface area contributed by atoms with Gasteiger partial charge in [0.25, 0.3) is 0 Å². The third kappa shape index (κ3) is 6.51. The zero-order chi connectivity index (χ0) is 22.2. The highest BCUT2D eigenvalue weighted by molar-refractivity contribution is 7.17. The quantitative estimate of drug-likeness (QED) is 0.328. The SMILES string of the molecule is O=C(O)CCCC#CC[C@H]1C(=O)CC[C@@H](O)[C@@H]1C=CC(O)Cc1csc2ccccc12. The number of carbonyl (C=O) groups is 2. The zero-order valence-electron chi connectivity index (χ0n) is 17.4. The van der Waals surface area contributed by atoms with Crippen molar-refractivity contribution in [2.45, 2.75) is 57.2 Å². The van der Waals surface area contributed by atoms with Crippen molar-refractivity contribution < 1.29 is 24.9 Å². The van der Waals surface area contributed by atoms with Gasteiger partial charge in [0.2, 0.25) is 0 Å². The van der Waals surface area contributed by atoms with Crippen LogP contribution in [0.5, 0.6) is 0 Å². The van der Waals surface area contributed by atoms with Crippen LogP contribution < -0.4 is 0 Å². The number of carboxylic acid groups (broad SMARTS) is 1. The van der Waals surface area contributed by atoms with Crippen molar-refractivity contribution in [2.24, 2.45) is 11.8 Å². The fraction of sp³-hybridized carbons (Fsp3) is 0.440. The van der Waals surface area contributed by atoms with Gasteiger partial charge in [0.15, 0.2) is 0 Å². The molecule has 1 aliphatic rings. The standard InChI is InChI=1S/C25H28O5S/c26-18(15-17-16-31-24-9-6-5-7-19(17)24)11-12-21-20(22(27)13-14-23(21)28)8-3-1-2-4-10-25(29)30/h5-7,9,11-12,16,18,20-21,23,26,28H,2,4,8,10,13-15H2,(H,29,30)/t18?,20-,21-,23-/m1/s1. The molecule has 0 saturated heterocycles. The third-order valence-electron chi connectivity index (χ3n) is 5.69. The fourth-order valence-corrected chi connectivity index (χ4v) is 4.98. The van der Waals surface area contributed by atoms with E-state index in [1.54, 1.807) is 23.5 Å². The number of hydrogen-bond donors (Lipinski definition) is 3. The van der Waals surface area contributed by atoms with Gasteiger partial charge in [0.05, 0.1) is 12.2 Å². The molecule has 164 valence electrons. The molecule has 3 N–H and O–H groups in total. The maximum Gasteiger partial charge on any atom is 0.303 e. The van der Waals surface area contributed by atoms with E-state index < -0.39 is 24.1 Å². The van der Waals surface area contributed by atoms with E-state index in [0.29, 0.717) is 38.5 Å². The van der Waals surface area contributed by atoms with Crippen LogP contribution in [0.4, 0.5) is 0 Å². The predicted octanol–water partition coefficient (Wildman–Crippen LogP) is 3.97. The van der Waals surface area contributed by atoms with Gasteiger partial charge in [0, 0.05) is 48.6 Å². The lowest BCUT2D eigenvalue weighted by Crippen LogP contribution is -2.37. The number of carbonyl (C=O) groups excluding carboxylic acids is 1. The van der Waals surface area contributed by atoms with Crippen molar-refractivity contribution in [2.75, 3.05) is 0 Å². The average Bonchev–Trinajstić information content (AvgIpc) is 3.14. The summed E-state index contributed by atoms with van der Waals surface area (Å²) in [5.41, 5.74) is 1.08. The molecule has 6 heteroatoms. The minimum Gasteiger partial charge on any atom is -0.481 e. The molecule has 1 saturated carbocycles. The number of aliphatic hydroxyl groups excluding tert-OH is 2. The van der Waals surface area contributed by atoms with Crippen molar-refractivity contribution in [1.82, 2.24) is 0 Å². The van der Waals surface area contributed by atoms with Gasteiger partial charge >= 0.3 is 5.97 Å². The van der Waals surface area contributed by atoms with E-state index in [4.69, 9.17) is 5.11 Å². The fourth-order valence-electron chi connectivity index (χ4n) is 4.00. The molecule has 1 aromatic carbocycles. The first-order valence-electron chi connectivity index (χ1n) is 10.7. The summed E-state index contributed by atoms with van der Waals surface area (Å²) in [7, 11) is 0. The number of hydrogen-bond acceptors (Lipinski definition) is 5. The Bertz CT molecular complexity index is 996. The molecule has 0 aliphatic heterocycles. The Morgan fingerprint density at radius 2 is 2.10 bits per heavy atom. The summed E-state index contributed by atoms with van der Waals surface area (Å²) in [4.78, 5) is 23.0. The van der Waals surface area contributed by atoms with Crippen molar-refractivity contribution in [3.05, 3.63) is 47.4 Å². The minimum atomic E-state index is -0.841. The Kier molecular flexibility index (Phi) is 8.42. The summed E-state index contributed by atoms with van der Waals surface area (Å²) < 4.78 is 1.18. The summed E-state index contributed by atoms with van der Waals surface area (Å²) in [6, 6.07) is 8.09. The number of aliphatic carboxylic acids is 1. The van der Waals surface area contributed by atoms with Gasteiger partial charge in [-0.15, -0.1) is 23.2 Å². The first-order chi connectivity index (χ1) is 15.0. The maximum atomic E-state index is 12.5. The second kappa shape index (κ2) is 11.2. The van der Waals surface area contributed by atoms with Gasteiger partial charge in [-0.3, -0.25) is 9.59 Å². The van der Waals surface area contributed by atoms with E-state index in [1.165, 1.54) is 4.70 Å². The Balaban J connectivity index is 1.62. The summed E-state index contributed by atoms with van der Waals surface area (Å²) in [6.45, 7) is 0. The average molecular weight is 441 g/mol. The molecule has 31 heavy (non-hydrogen) atoms. The van der Waals surface area contributed by atoms with Crippen LogP contribution in [0.1, 0.15) is 44.1 Å². The first kappa shape index (κ1) is 23.2. The van der Waals surface area contributed by atoms with Crippen molar-refractivity contribution in [1.29, 1.82) is 0 Å². The van der Waals surface area contributed by atoms with E-state index in [9.17, 15) is 19.8 Å². The minimum absolute atomic E-state index is 0.0816. The molecule has 0 amide bonds. The molecule has 1 aliphatic carbocycles. The van der Waals surface area contributed by atoms with Gasteiger partial charge in [0.1, 0.15) is 5.78 Å². The van der Waals surface area contributed by atoms with Gasteiger partial charge in [-0.25, -0.2) is 0 Å².